The van der Waals surface area contributed by atoms with Gasteiger partial charge in [0, 0.05) is 28.3 Å². The topological polar surface area (TPSA) is 116 Å². The van der Waals surface area contributed by atoms with Gasteiger partial charge in [0.2, 0.25) is 0 Å². The molecule has 0 heterocycles. The van der Waals surface area contributed by atoms with Crippen LogP contribution in [0.3, 0.4) is 0 Å². The highest BCUT2D eigenvalue weighted by molar-refractivity contribution is 7.92. The van der Waals surface area contributed by atoms with E-state index in [4.69, 9.17) is 0 Å². The van der Waals surface area contributed by atoms with Crippen molar-refractivity contribution in [3.63, 3.8) is 0 Å². The Morgan fingerprint density at radius 1 is 0.543 bits per heavy atom. The van der Waals surface area contributed by atoms with Crippen LogP contribution in [0, 0.1) is 0 Å². The van der Waals surface area contributed by atoms with Gasteiger partial charge >= 0.3 is 6.03 Å². The highest BCUT2D eigenvalue weighted by Gasteiger charge is 2.14. The molecule has 176 valence electrons. The van der Waals surface area contributed by atoms with Gasteiger partial charge in [-0.2, -0.15) is 0 Å². The Balaban J connectivity index is 1.37. The van der Waals surface area contributed by atoms with Gasteiger partial charge in [-0.15, -0.1) is 0 Å². The molecule has 0 aliphatic rings. The molecule has 0 saturated heterocycles. The SMILES string of the molecule is O=C(Nc1ccccc1)Nc1cccc(NC(=O)c2ccc(NS(=O)(=O)c3ccccc3)cc2)c1. The number of para-hydroxylation sites is 1. The van der Waals surface area contributed by atoms with Crippen molar-refractivity contribution in [2.45, 2.75) is 4.90 Å². The van der Waals surface area contributed by atoms with Crippen LogP contribution in [0.4, 0.5) is 27.5 Å². The van der Waals surface area contributed by atoms with E-state index in [2.05, 4.69) is 20.7 Å². The molecule has 4 aromatic rings. The molecule has 0 spiro atoms. The largest absolute Gasteiger partial charge is 0.323 e. The normalized spacial score (nSPS) is 10.7. The zero-order valence-corrected chi connectivity index (χ0v) is 19.3. The first kappa shape index (κ1) is 23.5. The van der Waals surface area contributed by atoms with E-state index < -0.39 is 16.1 Å². The molecule has 0 aromatic heterocycles. The number of rotatable bonds is 7. The number of benzene rings is 4. The first-order valence-electron chi connectivity index (χ1n) is 10.6. The number of hydrogen-bond acceptors (Lipinski definition) is 4. The maximum Gasteiger partial charge on any atom is 0.323 e. The van der Waals surface area contributed by atoms with Gasteiger partial charge in [-0.25, -0.2) is 13.2 Å². The van der Waals surface area contributed by atoms with Gasteiger partial charge in [0.05, 0.1) is 4.90 Å². The number of nitrogens with one attached hydrogen (secondary N) is 4. The third-order valence-electron chi connectivity index (χ3n) is 4.86. The predicted molar refractivity (Wildman–Crippen MR) is 137 cm³/mol. The standard InChI is InChI=1S/C26H22N4O4S/c31-25(19-14-16-21(17-15-19)30-35(33,34)24-12-5-2-6-13-24)27-22-10-7-11-23(18-22)29-26(32)28-20-8-3-1-4-9-20/h1-18,30H,(H,27,31)(H2,28,29,32). The minimum Gasteiger partial charge on any atom is -0.322 e. The lowest BCUT2D eigenvalue weighted by Gasteiger charge is -2.11. The summed E-state index contributed by atoms with van der Waals surface area (Å²) >= 11 is 0. The van der Waals surface area contributed by atoms with E-state index in [1.807, 2.05) is 18.2 Å². The summed E-state index contributed by atoms with van der Waals surface area (Å²) in [5, 5.41) is 8.21. The van der Waals surface area contributed by atoms with Crippen molar-refractivity contribution < 1.29 is 18.0 Å². The molecule has 0 fully saturated rings. The molecule has 8 nitrogen and oxygen atoms in total. The van der Waals surface area contributed by atoms with E-state index in [1.165, 1.54) is 36.4 Å². The summed E-state index contributed by atoms with van der Waals surface area (Å²) in [4.78, 5) is 25.0. The maximum atomic E-state index is 12.7. The van der Waals surface area contributed by atoms with Crippen LogP contribution in [-0.2, 0) is 10.0 Å². The highest BCUT2D eigenvalue weighted by Crippen LogP contribution is 2.19. The lowest BCUT2D eigenvalue weighted by atomic mass is 10.2. The highest BCUT2D eigenvalue weighted by atomic mass is 32.2. The minimum absolute atomic E-state index is 0.146. The van der Waals surface area contributed by atoms with Gasteiger partial charge in [-0.05, 0) is 66.7 Å². The van der Waals surface area contributed by atoms with E-state index in [1.54, 1.807) is 54.6 Å². The van der Waals surface area contributed by atoms with Gasteiger partial charge in [-0.1, -0.05) is 42.5 Å². The molecular weight excluding hydrogens is 464 g/mol. The van der Waals surface area contributed by atoms with Crippen LogP contribution in [0.2, 0.25) is 0 Å². The quantitative estimate of drug-likeness (QED) is 0.280. The fourth-order valence-corrected chi connectivity index (χ4v) is 4.28. The zero-order chi connectivity index (χ0) is 24.7. The Bertz CT molecular complexity index is 1430. The average molecular weight is 487 g/mol. The van der Waals surface area contributed by atoms with Crippen molar-refractivity contribution in [2.24, 2.45) is 0 Å². The summed E-state index contributed by atoms with van der Waals surface area (Å²) in [6.45, 7) is 0. The molecule has 0 saturated carbocycles. The van der Waals surface area contributed by atoms with Crippen molar-refractivity contribution in [3.05, 3.63) is 115 Å². The maximum absolute atomic E-state index is 12.7. The van der Waals surface area contributed by atoms with E-state index >= 15 is 0 Å². The molecule has 9 heteroatoms. The molecule has 4 aromatic carbocycles. The second-order valence-electron chi connectivity index (χ2n) is 7.48. The summed E-state index contributed by atoms with van der Waals surface area (Å²) < 4.78 is 27.4. The number of sulfonamides is 1. The number of amides is 3. The molecule has 4 N–H and O–H groups in total. The second kappa shape index (κ2) is 10.5. The van der Waals surface area contributed by atoms with E-state index in [-0.39, 0.29) is 10.8 Å². The van der Waals surface area contributed by atoms with Crippen LogP contribution < -0.4 is 20.7 Å². The molecule has 3 amide bonds. The molecule has 0 unspecified atom stereocenters. The van der Waals surface area contributed by atoms with Crippen LogP contribution >= 0.6 is 0 Å². The lowest BCUT2D eigenvalue weighted by Crippen LogP contribution is -2.19. The number of carbonyl (C=O) groups excluding carboxylic acids is 2. The van der Waals surface area contributed by atoms with Gasteiger partial charge in [0.1, 0.15) is 0 Å². The molecular formula is C26H22N4O4S. The summed E-state index contributed by atoms with van der Waals surface area (Å²) in [5.41, 5.74) is 2.32. The zero-order valence-electron chi connectivity index (χ0n) is 18.4. The lowest BCUT2D eigenvalue weighted by molar-refractivity contribution is 0.102. The van der Waals surface area contributed by atoms with Crippen LogP contribution in [-0.4, -0.2) is 20.4 Å². The Morgan fingerprint density at radius 3 is 1.74 bits per heavy atom. The molecule has 0 aliphatic heterocycles. The van der Waals surface area contributed by atoms with Crippen LogP contribution in [0.1, 0.15) is 10.4 Å². The number of carbonyl (C=O) groups is 2. The van der Waals surface area contributed by atoms with Crippen LogP contribution in [0.25, 0.3) is 0 Å². The third kappa shape index (κ3) is 6.46. The van der Waals surface area contributed by atoms with E-state index in [0.29, 0.717) is 28.3 Å². The molecule has 4 rings (SSSR count). The van der Waals surface area contributed by atoms with Crippen molar-refractivity contribution in [1.29, 1.82) is 0 Å². The monoisotopic (exact) mass is 486 g/mol. The van der Waals surface area contributed by atoms with E-state index in [9.17, 15) is 18.0 Å². The van der Waals surface area contributed by atoms with Gasteiger partial charge in [0.15, 0.2) is 0 Å². The number of hydrogen-bond donors (Lipinski definition) is 4. The smallest absolute Gasteiger partial charge is 0.322 e. The van der Waals surface area contributed by atoms with Crippen molar-refractivity contribution in [1.82, 2.24) is 0 Å². The number of anilines is 4. The molecule has 0 aliphatic carbocycles. The Morgan fingerprint density at radius 2 is 1.09 bits per heavy atom. The Kier molecular flexibility index (Phi) is 7.08. The Hall–Kier alpha value is -4.63. The number of urea groups is 1. The summed E-state index contributed by atoms with van der Waals surface area (Å²) in [5.74, 6) is -0.381. The summed E-state index contributed by atoms with van der Waals surface area (Å²) in [6, 6.07) is 29.4. The van der Waals surface area contributed by atoms with Crippen LogP contribution in [0.5, 0.6) is 0 Å². The molecule has 0 bridgehead atoms. The second-order valence-corrected chi connectivity index (χ2v) is 9.16. The van der Waals surface area contributed by atoms with Gasteiger partial charge in [-0.3, -0.25) is 9.52 Å². The van der Waals surface area contributed by atoms with Gasteiger partial charge in [0.25, 0.3) is 15.9 Å². The van der Waals surface area contributed by atoms with Crippen molar-refractivity contribution >= 4 is 44.7 Å². The third-order valence-corrected chi connectivity index (χ3v) is 6.26. The summed E-state index contributed by atoms with van der Waals surface area (Å²) in [6.07, 6.45) is 0. The van der Waals surface area contributed by atoms with Crippen molar-refractivity contribution in [3.8, 4) is 0 Å². The molecule has 35 heavy (non-hydrogen) atoms. The van der Waals surface area contributed by atoms with Crippen molar-refractivity contribution in [2.75, 3.05) is 20.7 Å². The fraction of sp³-hybridized carbons (Fsp3) is 0. The Labute approximate surface area is 203 Å². The first-order valence-corrected chi connectivity index (χ1v) is 12.1. The molecule has 0 atom stereocenters. The average Bonchev–Trinajstić information content (AvgIpc) is 2.85. The summed E-state index contributed by atoms with van der Waals surface area (Å²) in [7, 11) is -3.72. The predicted octanol–water partition coefficient (Wildman–Crippen LogP) is 5.38. The van der Waals surface area contributed by atoms with Crippen LogP contribution in [0.15, 0.2) is 114 Å². The van der Waals surface area contributed by atoms with E-state index in [0.717, 1.165) is 0 Å². The first-order chi connectivity index (χ1) is 16.9. The molecule has 0 radical (unpaired) electrons. The van der Waals surface area contributed by atoms with Gasteiger partial charge < -0.3 is 16.0 Å². The fourth-order valence-electron chi connectivity index (χ4n) is 3.20. The minimum atomic E-state index is -3.72.